The van der Waals surface area contributed by atoms with Crippen molar-refractivity contribution >= 4 is 28.3 Å². The summed E-state index contributed by atoms with van der Waals surface area (Å²) in [4.78, 5) is 15.3. The van der Waals surface area contributed by atoms with E-state index in [-0.39, 0.29) is 11.8 Å². The smallest absolute Gasteiger partial charge is 0.229 e. The first kappa shape index (κ1) is 22.1. The molecule has 2 aromatic heterocycles. The highest BCUT2D eigenvalue weighted by atomic mass is 16.1. The Hall–Kier alpha value is -3.74. The van der Waals surface area contributed by atoms with E-state index < -0.39 is 0 Å². The molecule has 0 radical (unpaired) electrons. The molecule has 1 atom stereocenters. The lowest BCUT2D eigenvalue weighted by Gasteiger charge is -2.32. The zero-order chi connectivity index (χ0) is 23.8. The molecule has 0 unspecified atom stereocenters. The Morgan fingerprint density at radius 1 is 1.00 bits per heavy atom. The lowest BCUT2D eigenvalue weighted by atomic mass is 9.96. The molecule has 1 N–H and O–H groups in total. The molecule has 5 rings (SSSR count). The monoisotopic (exact) mass is 454 g/mol. The van der Waals surface area contributed by atoms with Gasteiger partial charge in [-0.25, -0.2) is 4.68 Å². The van der Waals surface area contributed by atoms with Crippen LogP contribution in [0.5, 0.6) is 0 Å². The van der Waals surface area contributed by atoms with E-state index in [0.29, 0.717) is 6.54 Å². The Bertz CT molecular complexity index is 1360. The van der Waals surface area contributed by atoms with E-state index in [2.05, 4.69) is 41.2 Å². The van der Waals surface area contributed by atoms with Crippen LogP contribution in [0.4, 0.5) is 11.5 Å². The van der Waals surface area contributed by atoms with Crippen molar-refractivity contribution in [3.63, 3.8) is 0 Å². The molecule has 1 fully saturated rings. The first-order valence-corrected chi connectivity index (χ1v) is 11.8. The molecule has 7 nitrogen and oxygen atoms in total. The molecule has 174 valence electrons. The van der Waals surface area contributed by atoms with E-state index in [9.17, 15) is 4.79 Å². The van der Waals surface area contributed by atoms with Crippen molar-refractivity contribution in [2.75, 3.05) is 23.3 Å². The van der Waals surface area contributed by atoms with Crippen LogP contribution in [0.1, 0.15) is 35.4 Å². The number of carbonyl (C=O) groups excluding carboxylic acids is 1. The zero-order valence-corrected chi connectivity index (χ0v) is 20.2. The lowest BCUT2D eigenvalue weighted by molar-refractivity contribution is -0.120. The quantitative estimate of drug-likeness (QED) is 0.474. The van der Waals surface area contributed by atoms with E-state index in [1.165, 1.54) is 11.1 Å². The molecule has 3 heterocycles. The summed E-state index contributed by atoms with van der Waals surface area (Å²) in [6.07, 6.45) is 1.77. The van der Waals surface area contributed by atoms with Crippen molar-refractivity contribution < 1.29 is 4.79 Å². The van der Waals surface area contributed by atoms with Crippen molar-refractivity contribution in [3.05, 3.63) is 71.0 Å². The Morgan fingerprint density at radius 3 is 2.56 bits per heavy atom. The van der Waals surface area contributed by atoms with E-state index in [0.717, 1.165) is 58.9 Å². The highest BCUT2D eigenvalue weighted by molar-refractivity contribution is 5.95. The second-order valence-electron chi connectivity index (χ2n) is 9.24. The summed E-state index contributed by atoms with van der Waals surface area (Å²) >= 11 is 0. The standard InChI is InChI=1S/C27H30N6O/c1-17-12-13-22(15-18(17)2)28-27(34)21-9-8-14-32(16-21)26-25-24(19(3)29-30-26)20(4)33(31-25)23-10-6-5-7-11-23/h5-7,10-13,15,21H,8-9,14,16H2,1-4H3,(H,28,34)/t21-/m1/s1. The normalized spacial score (nSPS) is 16.1. The second-order valence-corrected chi connectivity index (χ2v) is 9.24. The third-order valence-corrected chi connectivity index (χ3v) is 6.85. The van der Waals surface area contributed by atoms with Gasteiger partial charge in [0.15, 0.2) is 5.82 Å². The van der Waals surface area contributed by atoms with Gasteiger partial charge in [-0.3, -0.25) is 4.79 Å². The largest absolute Gasteiger partial charge is 0.352 e. The number of amides is 1. The van der Waals surface area contributed by atoms with Gasteiger partial charge in [-0.2, -0.15) is 10.2 Å². The van der Waals surface area contributed by atoms with E-state index in [1.807, 2.05) is 60.1 Å². The number of anilines is 2. The SMILES string of the molecule is Cc1ccc(NC(=O)[C@@H]2CCCN(c3nnc(C)c4c(C)n(-c5ccccc5)nc34)C2)cc1C. The zero-order valence-electron chi connectivity index (χ0n) is 20.2. The van der Waals surface area contributed by atoms with Crippen molar-refractivity contribution in [1.82, 2.24) is 20.0 Å². The van der Waals surface area contributed by atoms with Gasteiger partial charge >= 0.3 is 0 Å². The summed E-state index contributed by atoms with van der Waals surface area (Å²) in [6.45, 7) is 9.60. The Labute approximate surface area is 199 Å². The van der Waals surface area contributed by atoms with Gasteiger partial charge in [-0.05, 0) is 75.9 Å². The maximum atomic E-state index is 13.1. The van der Waals surface area contributed by atoms with Gasteiger partial charge in [0.25, 0.3) is 0 Å². The fourth-order valence-corrected chi connectivity index (χ4v) is 4.79. The molecule has 0 bridgehead atoms. The molecule has 7 heteroatoms. The molecule has 34 heavy (non-hydrogen) atoms. The van der Waals surface area contributed by atoms with Crippen LogP contribution in [0.3, 0.4) is 0 Å². The number of nitrogens with one attached hydrogen (secondary N) is 1. The van der Waals surface area contributed by atoms with Crippen LogP contribution in [0, 0.1) is 33.6 Å². The third kappa shape index (κ3) is 4.02. The number of aryl methyl sites for hydroxylation is 4. The van der Waals surface area contributed by atoms with Crippen LogP contribution in [0.2, 0.25) is 0 Å². The highest BCUT2D eigenvalue weighted by Gasteiger charge is 2.29. The molecule has 1 aliphatic rings. The predicted octanol–water partition coefficient (Wildman–Crippen LogP) is 4.90. The maximum absolute atomic E-state index is 13.1. The number of rotatable bonds is 4. The number of carbonyl (C=O) groups is 1. The molecule has 2 aromatic carbocycles. The molecule has 1 aliphatic heterocycles. The van der Waals surface area contributed by atoms with Crippen LogP contribution in [0.15, 0.2) is 48.5 Å². The van der Waals surface area contributed by atoms with Crippen LogP contribution in [0.25, 0.3) is 16.6 Å². The first-order chi connectivity index (χ1) is 16.4. The summed E-state index contributed by atoms with van der Waals surface area (Å²) in [5, 5.41) is 18.1. The van der Waals surface area contributed by atoms with Gasteiger partial charge in [0.1, 0.15) is 5.52 Å². The van der Waals surface area contributed by atoms with E-state index >= 15 is 0 Å². The molecule has 0 saturated carbocycles. The van der Waals surface area contributed by atoms with E-state index in [4.69, 9.17) is 5.10 Å². The number of para-hydroxylation sites is 1. The number of piperidine rings is 1. The molecule has 1 saturated heterocycles. The minimum absolute atomic E-state index is 0.0512. The summed E-state index contributed by atoms with van der Waals surface area (Å²) < 4.78 is 1.96. The Morgan fingerprint density at radius 2 is 1.79 bits per heavy atom. The molecule has 0 aliphatic carbocycles. The molecular weight excluding hydrogens is 424 g/mol. The molecule has 1 amide bonds. The van der Waals surface area contributed by atoms with Crippen LogP contribution < -0.4 is 10.2 Å². The van der Waals surface area contributed by atoms with Crippen LogP contribution in [-0.2, 0) is 4.79 Å². The van der Waals surface area contributed by atoms with Gasteiger partial charge in [0.05, 0.1) is 28.4 Å². The van der Waals surface area contributed by atoms with Crippen LogP contribution in [-0.4, -0.2) is 39.0 Å². The molecule has 0 spiro atoms. The summed E-state index contributed by atoms with van der Waals surface area (Å²) in [5.74, 6) is 0.683. The average Bonchev–Trinajstić information content (AvgIpc) is 3.20. The number of aromatic nitrogens is 4. The van der Waals surface area contributed by atoms with Crippen molar-refractivity contribution in [1.29, 1.82) is 0 Å². The number of fused-ring (bicyclic) bond motifs is 1. The average molecular weight is 455 g/mol. The van der Waals surface area contributed by atoms with Gasteiger partial charge in [-0.15, -0.1) is 5.10 Å². The minimum atomic E-state index is -0.120. The molecule has 4 aromatic rings. The number of nitrogens with zero attached hydrogens (tertiary/aromatic N) is 5. The Kier molecular flexibility index (Phi) is 5.77. The van der Waals surface area contributed by atoms with Crippen LogP contribution >= 0.6 is 0 Å². The topological polar surface area (TPSA) is 75.9 Å². The Balaban J connectivity index is 1.43. The fourth-order valence-electron chi connectivity index (χ4n) is 4.79. The van der Waals surface area contributed by atoms with Crippen molar-refractivity contribution in [2.24, 2.45) is 5.92 Å². The second kappa shape index (κ2) is 8.89. The lowest BCUT2D eigenvalue weighted by Crippen LogP contribution is -2.41. The summed E-state index contributed by atoms with van der Waals surface area (Å²) in [6, 6.07) is 16.1. The maximum Gasteiger partial charge on any atom is 0.229 e. The van der Waals surface area contributed by atoms with Gasteiger partial charge in [-0.1, -0.05) is 24.3 Å². The van der Waals surface area contributed by atoms with Gasteiger partial charge < -0.3 is 10.2 Å². The molecular formula is C27H30N6O. The summed E-state index contributed by atoms with van der Waals surface area (Å²) in [7, 11) is 0. The minimum Gasteiger partial charge on any atom is -0.352 e. The van der Waals surface area contributed by atoms with Crippen molar-refractivity contribution in [2.45, 2.75) is 40.5 Å². The van der Waals surface area contributed by atoms with Gasteiger partial charge in [0, 0.05) is 18.8 Å². The van der Waals surface area contributed by atoms with Gasteiger partial charge in [0.2, 0.25) is 5.91 Å². The number of hydrogen-bond acceptors (Lipinski definition) is 5. The highest BCUT2D eigenvalue weighted by Crippen LogP contribution is 2.32. The number of benzene rings is 2. The predicted molar refractivity (Wildman–Crippen MR) is 136 cm³/mol. The fraction of sp³-hybridized carbons (Fsp3) is 0.333. The van der Waals surface area contributed by atoms with Crippen molar-refractivity contribution in [3.8, 4) is 5.69 Å². The summed E-state index contributed by atoms with van der Waals surface area (Å²) in [5.41, 5.74) is 6.98. The number of hydrogen-bond donors (Lipinski definition) is 1. The third-order valence-electron chi connectivity index (χ3n) is 6.85. The van der Waals surface area contributed by atoms with E-state index in [1.54, 1.807) is 0 Å². The first-order valence-electron chi connectivity index (χ1n) is 11.8.